The predicted molar refractivity (Wildman–Crippen MR) is 46.2 cm³/mol. The molecule has 0 aliphatic heterocycles. The van der Waals surface area contributed by atoms with Crippen LogP contribution in [0.25, 0.3) is 0 Å². The number of hydrogen-bond acceptors (Lipinski definition) is 4. The van der Waals surface area contributed by atoms with E-state index in [0.717, 1.165) is 6.07 Å². The molecule has 0 aromatic carbocycles. The van der Waals surface area contributed by atoms with Crippen molar-refractivity contribution in [3.05, 3.63) is 32.6 Å². The minimum atomic E-state index is -3.09. The van der Waals surface area contributed by atoms with E-state index in [-0.39, 0.29) is 6.29 Å². The van der Waals surface area contributed by atoms with Gasteiger partial charge < -0.3 is 0 Å². The summed E-state index contributed by atoms with van der Waals surface area (Å²) < 4.78 is 24.7. The van der Waals surface area contributed by atoms with Gasteiger partial charge in [0, 0.05) is 0 Å². The number of pyridine rings is 1. The number of halogens is 3. The molecule has 0 radical (unpaired) electrons. The van der Waals surface area contributed by atoms with Crippen LogP contribution in [0.1, 0.15) is 22.5 Å². The van der Waals surface area contributed by atoms with Crippen molar-refractivity contribution in [2.45, 2.75) is 6.43 Å². The first kappa shape index (κ1) is 11.4. The highest BCUT2D eigenvalue weighted by molar-refractivity contribution is 6.29. The minimum absolute atomic E-state index is 0.0387. The molecule has 0 aliphatic rings. The molecule has 80 valence electrons. The zero-order chi connectivity index (χ0) is 11.6. The number of nitrogens with zero attached hydrogens (tertiary/aromatic N) is 2. The van der Waals surface area contributed by atoms with Crippen molar-refractivity contribution in [3.63, 3.8) is 0 Å². The third kappa shape index (κ3) is 2.24. The summed E-state index contributed by atoms with van der Waals surface area (Å²) in [5.74, 6) is 0. The number of aldehydes is 1. The second-order valence-corrected chi connectivity index (χ2v) is 2.83. The lowest BCUT2D eigenvalue weighted by Crippen LogP contribution is -2.03. The standard InChI is InChI=1S/C7H3ClF2N2O3/c8-5-1-4(12(14)15)3(2-13)6(11-5)7(9)10/h1-2,7H. The Labute approximate surface area is 86.8 Å². The van der Waals surface area contributed by atoms with Crippen molar-refractivity contribution >= 4 is 23.6 Å². The molecule has 0 atom stereocenters. The molecule has 15 heavy (non-hydrogen) atoms. The van der Waals surface area contributed by atoms with Crippen LogP contribution in [0.3, 0.4) is 0 Å². The Balaban J connectivity index is 3.52. The van der Waals surface area contributed by atoms with E-state index in [1.165, 1.54) is 0 Å². The van der Waals surface area contributed by atoms with E-state index >= 15 is 0 Å². The first-order valence-electron chi connectivity index (χ1n) is 3.55. The van der Waals surface area contributed by atoms with Gasteiger partial charge in [0.25, 0.3) is 12.1 Å². The van der Waals surface area contributed by atoms with Gasteiger partial charge in [-0.05, 0) is 0 Å². The second-order valence-electron chi connectivity index (χ2n) is 2.44. The van der Waals surface area contributed by atoms with Gasteiger partial charge in [0.15, 0.2) is 6.29 Å². The van der Waals surface area contributed by atoms with Gasteiger partial charge >= 0.3 is 0 Å². The summed E-state index contributed by atoms with van der Waals surface area (Å²) in [6, 6.07) is 0.747. The van der Waals surface area contributed by atoms with E-state index in [1.807, 2.05) is 0 Å². The highest BCUT2D eigenvalue weighted by Crippen LogP contribution is 2.29. The highest BCUT2D eigenvalue weighted by atomic mass is 35.5. The normalized spacial score (nSPS) is 10.4. The molecule has 0 amide bonds. The number of nitro groups is 1. The van der Waals surface area contributed by atoms with Crippen molar-refractivity contribution in [1.82, 2.24) is 4.98 Å². The maximum atomic E-state index is 12.3. The molecule has 0 saturated heterocycles. The van der Waals surface area contributed by atoms with Crippen molar-refractivity contribution in [2.75, 3.05) is 0 Å². The number of rotatable bonds is 3. The molecule has 0 bridgehead atoms. The van der Waals surface area contributed by atoms with Crippen molar-refractivity contribution in [1.29, 1.82) is 0 Å². The van der Waals surface area contributed by atoms with Crippen LogP contribution >= 0.6 is 11.6 Å². The third-order valence-electron chi connectivity index (χ3n) is 1.56. The number of carbonyl (C=O) groups excluding carboxylic acids is 1. The average Bonchev–Trinajstić information content (AvgIpc) is 2.16. The van der Waals surface area contributed by atoms with Crippen LogP contribution in [0.2, 0.25) is 5.15 Å². The molecule has 0 spiro atoms. The maximum absolute atomic E-state index is 12.3. The Kier molecular flexibility index (Phi) is 3.25. The zero-order valence-electron chi connectivity index (χ0n) is 6.99. The Morgan fingerprint density at radius 2 is 2.20 bits per heavy atom. The van der Waals surface area contributed by atoms with Crippen LogP contribution in [-0.4, -0.2) is 16.2 Å². The molecule has 0 fully saturated rings. The van der Waals surface area contributed by atoms with Gasteiger partial charge in [-0.25, -0.2) is 13.8 Å². The summed E-state index contributed by atoms with van der Waals surface area (Å²) in [4.78, 5) is 23.1. The SMILES string of the molecule is O=Cc1c([N+](=O)[O-])cc(Cl)nc1C(F)F. The van der Waals surface area contributed by atoms with E-state index in [1.54, 1.807) is 0 Å². The Hall–Kier alpha value is -1.63. The first-order valence-corrected chi connectivity index (χ1v) is 3.93. The van der Waals surface area contributed by atoms with Gasteiger partial charge in [-0.15, -0.1) is 0 Å². The molecule has 1 rings (SSSR count). The van der Waals surface area contributed by atoms with Crippen LogP contribution < -0.4 is 0 Å². The second kappa shape index (κ2) is 4.26. The summed E-state index contributed by atoms with van der Waals surface area (Å²) in [5, 5.41) is 9.97. The molecule has 0 N–H and O–H groups in total. The van der Waals surface area contributed by atoms with Gasteiger partial charge in [0.1, 0.15) is 16.4 Å². The fourth-order valence-electron chi connectivity index (χ4n) is 0.967. The topological polar surface area (TPSA) is 73.1 Å². The summed E-state index contributed by atoms with van der Waals surface area (Å²) >= 11 is 5.30. The summed E-state index contributed by atoms with van der Waals surface area (Å²) in [7, 11) is 0. The molecule has 0 saturated carbocycles. The van der Waals surface area contributed by atoms with E-state index < -0.39 is 33.4 Å². The van der Waals surface area contributed by atoms with E-state index in [9.17, 15) is 23.7 Å². The Morgan fingerprint density at radius 3 is 2.60 bits per heavy atom. The minimum Gasteiger partial charge on any atom is -0.298 e. The third-order valence-corrected chi connectivity index (χ3v) is 1.75. The molecule has 0 unspecified atom stereocenters. The largest absolute Gasteiger partial charge is 0.298 e. The number of alkyl halides is 2. The number of aromatic nitrogens is 1. The van der Waals surface area contributed by atoms with Crippen molar-refractivity contribution in [3.8, 4) is 0 Å². The lowest BCUT2D eigenvalue weighted by atomic mass is 10.2. The molecule has 8 heteroatoms. The molecular weight excluding hydrogens is 234 g/mol. The maximum Gasteiger partial charge on any atom is 0.285 e. The fraction of sp³-hybridized carbons (Fsp3) is 0.143. The zero-order valence-corrected chi connectivity index (χ0v) is 7.74. The Bertz CT molecular complexity index is 425. The number of hydrogen-bond donors (Lipinski definition) is 0. The monoisotopic (exact) mass is 236 g/mol. The van der Waals surface area contributed by atoms with Gasteiger partial charge in [-0.2, -0.15) is 0 Å². The first-order chi connectivity index (χ1) is 6.97. The van der Waals surface area contributed by atoms with Crippen LogP contribution in [0.5, 0.6) is 0 Å². The van der Waals surface area contributed by atoms with E-state index in [0.29, 0.717) is 0 Å². The highest BCUT2D eigenvalue weighted by Gasteiger charge is 2.25. The van der Waals surface area contributed by atoms with Gasteiger partial charge in [0.05, 0.1) is 11.0 Å². The van der Waals surface area contributed by atoms with Gasteiger partial charge in [-0.3, -0.25) is 14.9 Å². The van der Waals surface area contributed by atoms with Crippen LogP contribution in [-0.2, 0) is 0 Å². The van der Waals surface area contributed by atoms with Crippen LogP contribution in [0.15, 0.2) is 6.07 Å². The lowest BCUT2D eigenvalue weighted by molar-refractivity contribution is -0.385. The van der Waals surface area contributed by atoms with Gasteiger partial charge in [0.2, 0.25) is 0 Å². The molecular formula is C7H3ClF2N2O3. The smallest absolute Gasteiger partial charge is 0.285 e. The summed E-state index contributed by atoms with van der Waals surface area (Å²) in [6.45, 7) is 0. The molecule has 1 heterocycles. The van der Waals surface area contributed by atoms with Crippen molar-refractivity contribution in [2.24, 2.45) is 0 Å². The lowest BCUT2D eigenvalue weighted by Gasteiger charge is -2.03. The van der Waals surface area contributed by atoms with Crippen molar-refractivity contribution < 1.29 is 18.5 Å². The molecule has 1 aromatic heterocycles. The predicted octanol–water partition coefficient (Wildman–Crippen LogP) is 2.39. The fourth-order valence-corrected chi connectivity index (χ4v) is 1.16. The summed E-state index contributed by atoms with van der Waals surface area (Å²) in [6.07, 6.45) is -3.13. The molecule has 5 nitrogen and oxygen atoms in total. The Morgan fingerprint density at radius 1 is 1.60 bits per heavy atom. The molecule has 1 aromatic rings. The summed E-state index contributed by atoms with van der Waals surface area (Å²) in [5.41, 5.74) is -2.51. The average molecular weight is 237 g/mol. The quantitative estimate of drug-likeness (QED) is 0.350. The van der Waals surface area contributed by atoms with E-state index in [4.69, 9.17) is 11.6 Å². The van der Waals surface area contributed by atoms with Crippen LogP contribution in [0.4, 0.5) is 14.5 Å². The van der Waals surface area contributed by atoms with Gasteiger partial charge in [-0.1, -0.05) is 11.6 Å². The van der Waals surface area contributed by atoms with E-state index in [2.05, 4.69) is 4.98 Å². The number of carbonyl (C=O) groups is 1. The van der Waals surface area contributed by atoms with Crippen LogP contribution in [0, 0.1) is 10.1 Å². The molecule has 0 aliphatic carbocycles.